The second kappa shape index (κ2) is 3.56. The summed E-state index contributed by atoms with van der Waals surface area (Å²) in [6.07, 6.45) is 0. The fourth-order valence-electron chi connectivity index (χ4n) is 1.31. The molecule has 0 N–H and O–H groups in total. The van der Waals surface area contributed by atoms with Crippen molar-refractivity contribution in [1.82, 2.24) is 9.80 Å². The van der Waals surface area contributed by atoms with Crippen molar-refractivity contribution in [2.75, 3.05) is 26.2 Å². The molecule has 1 aliphatic rings. The minimum Gasteiger partial charge on any atom is -0.318 e. The molecule has 0 atom stereocenters. The normalized spacial score (nSPS) is 18.8. The van der Waals surface area contributed by atoms with Crippen molar-refractivity contribution in [3.05, 3.63) is 0 Å². The number of rotatable bonds is 2. The average Bonchev–Trinajstić information content (AvgIpc) is 2.08. The SMILES string of the molecule is CCN1CC(=O)CN(CC)C1=O. The summed E-state index contributed by atoms with van der Waals surface area (Å²) in [6, 6.07) is -0.0143. The van der Waals surface area contributed by atoms with Crippen LogP contribution in [0.1, 0.15) is 13.8 Å². The molecule has 0 aliphatic carbocycles. The highest BCUT2D eigenvalue weighted by Gasteiger charge is 2.27. The van der Waals surface area contributed by atoms with Gasteiger partial charge in [0, 0.05) is 13.1 Å². The largest absolute Gasteiger partial charge is 0.320 e. The zero-order valence-corrected chi connectivity index (χ0v) is 7.54. The highest BCUT2D eigenvalue weighted by atomic mass is 16.2. The van der Waals surface area contributed by atoms with Gasteiger partial charge in [0.15, 0.2) is 5.78 Å². The van der Waals surface area contributed by atoms with E-state index in [9.17, 15) is 9.59 Å². The molecular formula is C8H14N2O2. The maximum absolute atomic E-state index is 11.4. The van der Waals surface area contributed by atoms with Gasteiger partial charge >= 0.3 is 6.03 Å². The van der Waals surface area contributed by atoms with E-state index in [4.69, 9.17) is 0 Å². The van der Waals surface area contributed by atoms with Gasteiger partial charge in [0.05, 0.1) is 13.1 Å². The summed E-state index contributed by atoms with van der Waals surface area (Å²) in [7, 11) is 0. The molecule has 2 amide bonds. The average molecular weight is 170 g/mol. The molecule has 0 spiro atoms. The summed E-state index contributed by atoms with van der Waals surface area (Å²) in [5.41, 5.74) is 0. The van der Waals surface area contributed by atoms with Crippen molar-refractivity contribution in [3.8, 4) is 0 Å². The van der Waals surface area contributed by atoms with Crippen LogP contribution in [0.2, 0.25) is 0 Å². The first-order chi connectivity index (χ1) is 5.69. The summed E-state index contributed by atoms with van der Waals surface area (Å²) in [4.78, 5) is 25.7. The molecule has 0 saturated carbocycles. The van der Waals surface area contributed by atoms with Gasteiger partial charge in [-0.2, -0.15) is 0 Å². The molecule has 1 aliphatic heterocycles. The minimum atomic E-state index is -0.0143. The predicted octanol–water partition coefficient (Wildman–Crippen LogP) is 0.333. The van der Waals surface area contributed by atoms with Crippen LogP contribution in [-0.4, -0.2) is 47.8 Å². The number of ketones is 1. The lowest BCUT2D eigenvalue weighted by Gasteiger charge is -2.33. The van der Waals surface area contributed by atoms with Crippen LogP contribution in [0.5, 0.6) is 0 Å². The molecule has 0 aromatic rings. The van der Waals surface area contributed by atoms with Crippen molar-refractivity contribution in [1.29, 1.82) is 0 Å². The number of carbonyl (C=O) groups is 2. The Hall–Kier alpha value is -1.06. The first-order valence-electron chi connectivity index (χ1n) is 4.24. The van der Waals surface area contributed by atoms with E-state index in [2.05, 4.69) is 0 Å². The fraction of sp³-hybridized carbons (Fsp3) is 0.750. The summed E-state index contributed by atoms with van der Waals surface area (Å²) >= 11 is 0. The molecule has 0 bridgehead atoms. The van der Waals surface area contributed by atoms with Crippen molar-refractivity contribution < 1.29 is 9.59 Å². The maximum atomic E-state index is 11.4. The number of hydrogen-bond acceptors (Lipinski definition) is 2. The van der Waals surface area contributed by atoms with Crippen LogP contribution in [0, 0.1) is 0 Å². The molecule has 0 aromatic carbocycles. The zero-order valence-electron chi connectivity index (χ0n) is 7.54. The minimum absolute atomic E-state index is 0.0143. The van der Waals surface area contributed by atoms with Gasteiger partial charge < -0.3 is 9.80 Å². The lowest BCUT2D eigenvalue weighted by Crippen LogP contribution is -2.53. The van der Waals surface area contributed by atoms with E-state index in [0.717, 1.165) is 0 Å². The van der Waals surface area contributed by atoms with Gasteiger partial charge in [-0.15, -0.1) is 0 Å². The Kier molecular flexibility index (Phi) is 2.68. The highest BCUT2D eigenvalue weighted by molar-refractivity contribution is 5.93. The molecule has 4 heteroatoms. The summed E-state index contributed by atoms with van der Waals surface area (Å²) < 4.78 is 0. The number of Topliss-reactive ketones (excluding diaryl/α,β-unsaturated/α-hetero) is 1. The second-order valence-electron chi connectivity index (χ2n) is 2.85. The third kappa shape index (κ3) is 1.57. The molecule has 1 saturated heterocycles. The Balaban J connectivity index is 2.67. The zero-order chi connectivity index (χ0) is 9.14. The molecular weight excluding hydrogens is 156 g/mol. The standard InChI is InChI=1S/C8H14N2O2/c1-3-9-5-7(11)6-10(4-2)8(9)12/h3-6H2,1-2H3. The lowest BCUT2D eigenvalue weighted by atomic mass is 10.2. The predicted molar refractivity (Wildman–Crippen MR) is 44.9 cm³/mol. The summed E-state index contributed by atoms with van der Waals surface area (Å²) in [6.45, 7) is 5.55. The van der Waals surface area contributed by atoms with Gasteiger partial charge in [-0.1, -0.05) is 0 Å². The van der Waals surface area contributed by atoms with Crippen LogP contribution in [0.3, 0.4) is 0 Å². The van der Waals surface area contributed by atoms with E-state index in [1.54, 1.807) is 9.80 Å². The van der Waals surface area contributed by atoms with E-state index in [-0.39, 0.29) is 24.9 Å². The Bertz CT molecular complexity index is 185. The van der Waals surface area contributed by atoms with Crippen LogP contribution >= 0.6 is 0 Å². The molecule has 1 fully saturated rings. The first-order valence-corrected chi connectivity index (χ1v) is 4.24. The van der Waals surface area contributed by atoms with Gasteiger partial charge in [-0.25, -0.2) is 4.79 Å². The molecule has 12 heavy (non-hydrogen) atoms. The Morgan fingerprint density at radius 3 is 1.83 bits per heavy atom. The van der Waals surface area contributed by atoms with E-state index in [1.807, 2.05) is 13.8 Å². The third-order valence-corrected chi connectivity index (χ3v) is 2.04. The number of urea groups is 1. The quantitative estimate of drug-likeness (QED) is 0.599. The Labute approximate surface area is 72.1 Å². The summed E-state index contributed by atoms with van der Waals surface area (Å²) in [5, 5.41) is 0. The lowest BCUT2D eigenvalue weighted by molar-refractivity contribution is -0.122. The van der Waals surface area contributed by atoms with Gasteiger partial charge in [0.25, 0.3) is 0 Å². The number of likely N-dealkylation sites (N-methyl/N-ethyl adjacent to an activating group) is 2. The second-order valence-corrected chi connectivity index (χ2v) is 2.85. The molecule has 1 heterocycles. The van der Waals surface area contributed by atoms with Crippen molar-refractivity contribution >= 4 is 11.8 Å². The van der Waals surface area contributed by atoms with Gasteiger partial charge in [0.1, 0.15) is 0 Å². The van der Waals surface area contributed by atoms with Gasteiger partial charge in [-0.05, 0) is 13.8 Å². The Morgan fingerprint density at radius 1 is 1.08 bits per heavy atom. The molecule has 1 rings (SSSR count). The number of amides is 2. The first kappa shape index (κ1) is 9.03. The molecule has 0 aromatic heterocycles. The van der Waals surface area contributed by atoms with Crippen molar-refractivity contribution in [2.24, 2.45) is 0 Å². The van der Waals surface area contributed by atoms with Crippen LogP contribution < -0.4 is 0 Å². The number of hydrogen-bond donors (Lipinski definition) is 0. The third-order valence-electron chi connectivity index (χ3n) is 2.04. The number of nitrogens with zero attached hydrogens (tertiary/aromatic N) is 2. The van der Waals surface area contributed by atoms with Gasteiger partial charge in [0.2, 0.25) is 0 Å². The topological polar surface area (TPSA) is 40.6 Å². The van der Waals surface area contributed by atoms with Crippen LogP contribution in [0.15, 0.2) is 0 Å². The Morgan fingerprint density at radius 2 is 1.50 bits per heavy atom. The monoisotopic (exact) mass is 170 g/mol. The molecule has 4 nitrogen and oxygen atoms in total. The van der Waals surface area contributed by atoms with Crippen molar-refractivity contribution in [3.63, 3.8) is 0 Å². The van der Waals surface area contributed by atoms with Gasteiger partial charge in [-0.3, -0.25) is 4.79 Å². The van der Waals surface area contributed by atoms with Crippen LogP contribution in [0.4, 0.5) is 4.79 Å². The summed E-state index contributed by atoms with van der Waals surface area (Å²) in [5.74, 6) is 0.123. The smallest absolute Gasteiger partial charge is 0.318 e. The van der Waals surface area contributed by atoms with E-state index >= 15 is 0 Å². The number of carbonyl (C=O) groups excluding carboxylic acids is 2. The van der Waals surface area contributed by atoms with Crippen LogP contribution in [0.25, 0.3) is 0 Å². The van der Waals surface area contributed by atoms with E-state index in [1.165, 1.54) is 0 Å². The van der Waals surface area contributed by atoms with Crippen LogP contribution in [-0.2, 0) is 4.79 Å². The maximum Gasteiger partial charge on any atom is 0.320 e. The molecule has 68 valence electrons. The van der Waals surface area contributed by atoms with Crippen molar-refractivity contribution in [2.45, 2.75) is 13.8 Å². The molecule has 0 radical (unpaired) electrons. The highest BCUT2D eigenvalue weighted by Crippen LogP contribution is 2.05. The molecule has 0 unspecified atom stereocenters. The van der Waals surface area contributed by atoms with E-state index < -0.39 is 0 Å². The fourth-order valence-corrected chi connectivity index (χ4v) is 1.31. The van der Waals surface area contributed by atoms with E-state index in [0.29, 0.717) is 13.1 Å².